The molecule has 1 saturated heterocycles. The number of methoxy groups -OCH3 is 2. The highest BCUT2D eigenvalue weighted by Gasteiger charge is 2.29. The van der Waals surface area contributed by atoms with Gasteiger partial charge in [-0.3, -0.25) is 9.69 Å². The maximum Gasteiger partial charge on any atom is 0.295 e. The third-order valence-electron chi connectivity index (χ3n) is 4.86. The van der Waals surface area contributed by atoms with Gasteiger partial charge in [-0.15, -0.1) is 0 Å². The average molecular weight is 410 g/mol. The molecular weight excluding hydrogens is 388 g/mol. The van der Waals surface area contributed by atoms with Crippen molar-refractivity contribution in [1.82, 2.24) is 4.90 Å². The van der Waals surface area contributed by atoms with Gasteiger partial charge >= 0.3 is 0 Å². The van der Waals surface area contributed by atoms with Crippen molar-refractivity contribution in [3.05, 3.63) is 53.8 Å². The number of hydrogen-bond acceptors (Lipinski definition) is 6. The summed E-state index contributed by atoms with van der Waals surface area (Å²) in [7, 11) is 3.18. The summed E-state index contributed by atoms with van der Waals surface area (Å²) >= 11 is 1.57. The molecule has 7 heteroatoms. The first-order valence-electron chi connectivity index (χ1n) is 9.36. The zero-order valence-electron chi connectivity index (χ0n) is 16.6. The van der Waals surface area contributed by atoms with Crippen molar-refractivity contribution >= 4 is 39.5 Å². The Hall–Kier alpha value is -2.93. The van der Waals surface area contributed by atoms with Gasteiger partial charge in [0.05, 0.1) is 19.9 Å². The van der Waals surface area contributed by atoms with Crippen molar-refractivity contribution in [3.63, 3.8) is 0 Å². The van der Waals surface area contributed by atoms with Gasteiger partial charge in [0.15, 0.2) is 22.4 Å². The number of hydrogen-bond donors (Lipinski definition) is 0. The van der Waals surface area contributed by atoms with Gasteiger partial charge in [-0.25, -0.2) is 4.99 Å². The van der Waals surface area contributed by atoms with Crippen LogP contribution in [0.1, 0.15) is 22.5 Å². The van der Waals surface area contributed by atoms with Gasteiger partial charge in [0.2, 0.25) is 0 Å². The highest BCUT2D eigenvalue weighted by atomic mass is 32.2. The number of fused-ring (bicyclic) bond motifs is 1. The molecule has 0 saturated carbocycles. The van der Waals surface area contributed by atoms with E-state index in [1.54, 1.807) is 43.0 Å². The van der Waals surface area contributed by atoms with E-state index in [-0.39, 0.29) is 5.91 Å². The summed E-state index contributed by atoms with van der Waals surface area (Å²) in [5, 5.41) is 1.62. The number of para-hydroxylation sites is 1. The molecule has 150 valence electrons. The number of benzene rings is 2. The van der Waals surface area contributed by atoms with E-state index in [4.69, 9.17) is 18.9 Å². The number of carbonyl (C=O) groups excluding carboxylic acids is 1. The fourth-order valence-electron chi connectivity index (χ4n) is 3.35. The number of amidine groups is 1. The summed E-state index contributed by atoms with van der Waals surface area (Å²) in [4.78, 5) is 19.7. The molecule has 0 unspecified atom stereocenters. The number of aliphatic imine (C=N–C) groups is 1. The molecule has 0 bridgehead atoms. The van der Waals surface area contributed by atoms with Crippen molar-refractivity contribution in [3.8, 4) is 11.5 Å². The molecule has 1 amide bonds. The number of aryl methyl sites for hydroxylation is 1. The number of nitrogens with zero attached hydrogens (tertiary/aromatic N) is 2. The fourth-order valence-corrected chi connectivity index (χ4v) is 4.30. The largest absolute Gasteiger partial charge is 0.493 e. The van der Waals surface area contributed by atoms with Crippen LogP contribution in [0.5, 0.6) is 11.5 Å². The highest BCUT2D eigenvalue weighted by molar-refractivity contribution is 8.13. The number of furan rings is 1. The lowest BCUT2D eigenvalue weighted by Gasteiger charge is -2.27. The van der Waals surface area contributed by atoms with Crippen LogP contribution in [-0.2, 0) is 0 Å². The molecule has 1 fully saturated rings. The zero-order chi connectivity index (χ0) is 20.4. The number of ether oxygens (including phenoxy) is 2. The number of rotatable bonds is 4. The lowest BCUT2D eigenvalue weighted by Crippen LogP contribution is -2.39. The summed E-state index contributed by atoms with van der Waals surface area (Å²) in [5.74, 6) is 2.35. The first-order chi connectivity index (χ1) is 14.1. The zero-order valence-corrected chi connectivity index (χ0v) is 17.4. The molecule has 0 spiro atoms. The molecule has 2 heterocycles. The van der Waals surface area contributed by atoms with Crippen LogP contribution in [0.4, 0.5) is 5.69 Å². The van der Waals surface area contributed by atoms with Crippen molar-refractivity contribution in [2.45, 2.75) is 13.3 Å². The third kappa shape index (κ3) is 3.70. The lowest BCUT2D eigenvalue weighted by molar-refractivity contribution is 0.0820. The minimum Gasteiger partial charge on any atom is -0.493 e. The SMILES string of the molecule is COc1ccc(N=C2SCCCN2C(=O)c2oc3ccccc3c2C)cc1OC. The molecule has 0 radical (unpaired) electrons. The van der Waals surface area contributed by atoms with Crippen molar-refractivity contribution in [1.29, 1.82) is 0 Å². The average Bonchev–Trinajstić information content (AvgIpc) is 3.10. The van der Waals surface area contributed by atoms with Crippen molar-refractivity contribution in [2.75, 3.05) is 26.5 Å². The second kappa shape index (κ2) is 8.21. The summed E-state index contributed by atoms with van der Waals surface area (Å²) in [6.45, 7) is 2.52. The molecule has 2 aromatic carbocycles. The standard InChI is InChI=1S/C22H22N2O4S/c1-14-16-7-4-5-8-17(16)28-20(14)21(25)24-11-6-12-29-22(24)23-15-9-10-18(26-2)19(13-15)27-3/h4-5,7-10,13H,6,11-12H2,1-3H3. The Morgan fingerprint density at radius 2 is 1.93 bits per heavy atom. The molecule has 4 rings (SSSR count). The topological polar surface area (TPSA) is 64.3 Å². The number of carbonyl (C=O) groups is 1. The molecule has 1 aromatic heterocycles. The lowest BCUT2D eigenvalue weighted by atomic mass is 10.1. The third-order valence-corrected chi connectivity index (χ3v) is 5.93. The quantitative estimate of drug-likeness (QED) is 0.604. The summed E-state index contributed by atoms with van der Waals surface area (Å²) in [5.41, 5.74) is 2.27. The van der Waals surface area contributed by atoms with Gasteiger partial charge in [-0.1, -0.05) is 30.0 Å². The molecule has 3 aromatic rings. The van der Waals surface area contributed by atoms with Crippen molar-refractivity contribution in [2.24, 2.45) is 4.99 Å². The van der Waals surface area contributed by atoms with Crippen LogP contribution in [-0.4, -0.2) is 42.5 Å². The van der Waals surface area contributed by atoms with Crippen molar-refractivity contribution < 1.29 is 18.7 Å². The van der Waals surface area contributed by atoms with Gasteiger partial charge in [-0.2, -0.15) is 0 Å². The molecule has 0 aliphatic carbocycles. The Morgan fingerprint density at radius 3 is 2.69 bits per heavy atom. The Labute approximate surface area is 173 Å². The first kappa shape index (κ1) is 19.4. The van der Waals surface area contributed by atoms with E-state index < -0.39 is 0 Å². The van der Waals surface area contributed by atoms with Gasteiger partial charge in [0.1, 0.15) is 5.58 Å². The number of thioether (sulfide) groups is 1. The van der Waals surface area contributed by atoms with Crippen LogP contribution in [0.15, 0.2) is 51.9 Å². The Bertz CT molecular complexity index is 1090. The molecule has 1 aliphatic heterocycles. The predicted molar refractivity (Wildman–Crippen MR) is 116 cm³/mol. The molecule has 0 atom stereocenters. The van der Waals surface area contributed by atoms with Gasteiger partial charge in [-0.05, 0) is 31.5 Å². The van der Waals surface area contributed by atoms with E-state index in [1.807, 2.05) is 37.3 Å². The summed E-state index contributed by atoms with van der Waals surface area (Å²) in [6, 6.07) is 13.1. The minimum absolute atomic E-state index is 0.162. The fraction of sp³-hybridized carbons (Fsp3) is 0.273. The maximum atomic E-state index is 13.3. The van der Waals surface area contributed by atoms with Gasteiger partial charge in [0, 0.05) is 29.3 Å². The predicted octanol–water partition coefficient (Wildman–Crippen LogP) is 5.03. The number of amides is 1. The Morgan fingerprint density at radius 1 is 1.14 bits per heavy atom. The van der Waals surface area contributed by atoms with E-state index >= 15 is 0 Å². The van der Waals surface area contributed by atoms with Crippen LogP contribution in [0.3, 0.4) is 0 Å². The summed E-state index contributed by atoms with van der Waals surface area (Å²) in [6.07, 6.45) is 0.903. The monoisotopic (exact) mass is 410 g/mol. The smallest absolute Gasteiger partial charge is 0.295 e. The highest BCUT2D eigenvalue weighted by Crippen LogP contribution is 2.33. The molecule has 1 aliphatic rings. The summed E-state index contributed by atoms with van der Waals surface area (Å²) < 4.78 is 16.5. The minimum atomic E-state index is -0.162. The normalized spacial score (nSPS) is 15.7. The first-order valence-corrected chi connectivity index (χ1v) is 10.3. The van der Waals surface area contributed by atoms with Gasteiger partial charge < -0.3 is 13.9 Å². The van der Waals surface area contributed by atoms with E-state index in [1.165, 1.54) is 0 Å². The Balaban J connectivity index is 1.69. The van der Waals surface area contributed by atoms with E-state index in [9.17, 15) is 4.79 Å². The Kier molecular flexibility index (Phi) is 5.49. The van der Waals surface area contributed by atoms with E-state index in [2.05, 4.69) is 0 Å². The van der Waals surface area contributed by atoms with Crippen LogP contribution in [0.25, 0.3) is 11.0 Å². The molecular formula is C22H22N2O4S. The molecule has 0 N–H and O–H groups in total. The van der Waals surface area contributed by atoms with Crippen LogP contribution < -0.4 is 9.47 Å². The van der Waals surface area contributed by atoms with Crippen LogP contribution >= 0.6 is 11.8 Å². The molecule has 29 heavy (non-hydrogen) atoms. The van der Waals surface area contributed by atoms with E-state index in [0.717, 1.165) is 28.7 Å². The van der Waals surface area contributed by atoms with Crippen LogP contribution in [0.2, 0.25) is 0 Å². The van der Waals surface area contributed by atoms with Gasteiger partial charge in [0.25, 0.3) is 5.91 Å². The second-order valence-electron chi connectivity index (χ2n) is 6.64. The second-order valence-corrected chi connectivity index (χ2v) is 7.71. The van der Waals surface area contributed by atoms with Crippen LogP contribution in [0, 0.1) is 6.92 Å². The maximum absolute atomic E-state index is 13.3. The van der Waals surface area contributed by atoms with E-state index in [0.29, 0.717) is 34.7 Å². The molecule has 6 nitrogen and oxygen atoms in total.